The molecule has 18 heavy (non-hydrogen) atoms. The minimum Gasteiger partial charge on any atom is -0.410 e. The van der Waals surface area contributed by atoms with E-state index in [-0.39, 0.29) is 0 Å². The molecule has 0 radical (unpaired) electrons. The number of ether oxygens (including phenoxy) is 1. The lowest BCUT2D eigenvalue weighted by molar-refractivity contribution is 0.203. The molecule has 0 aliphatic carbocycles. The van der Waals surface area contributed by atoms with E-state index in [9.17, 15) is 4.79 Å². The Balaban J connectivity index is 0.000000631. The van der Waals surface area contributed by atoms with Gasteiger partial charge in [0.2, 0.25) is 0 Å². The molecule has 0 bridgehead atoms. The second-order valence-corrected chi connectivity index (χ2v) is 4.12. The number of carbonyl (C=O) groups excluding carboxylic acids is 1. The summed E-state index contributed by atoms with van der Waals surface area (Å²) in [4.78, 5) is 12.9. The van der Waals surface area contributed by atoms with E-state index in [1.807, 2.05) is 31.1 Å². The maximum Gasteiger partial charge on any atom is 0.412 e. The Morgan fingerprint density at radius 1 is 1.56 bits per heavy atom. The van der Waals surface area contributed by atoms with Gasteiger partial charge in [0, 0.05) is 38.2 Å². The molecule has 0 aromatic heterocycles. The van der Waals surface area contributed by atoms with E-state index in [0.717, 1.165) is 11.0 Å². The summed E-state index contributed by atoms with van der Waals surface area (Å²) in [5.41, 5.74) is 0.992. The first kappa shape index (κ1) is 16.5. The molecule has 1 rings (SSSR count). The maximum absolute atomic E-state index is 10.9. The number of nitrogens with one attached hydrogen (secondary N) is 1. The van der Waals surface area contributed by atoms with Gasteiger partial charge in [0.15, 0.2) is 0 Å². The summed E-state index contributed by atoms with van der Waals surface area (Å²) >= 11 is 3.13. The second kappa shape index (κ2) is 9.53. The second-order valence-electron chi connectivity index (χ2n) is 3.47. The van der Waals surface area contributed by atoms with Gasteiger partial charge in [-0.3, -0.25) is 0 Å². The fourth-order valence-electron chi connectivity index (χ4n) is 0.983. The Kier molecular flexibility index (Phi) is 8.74. The number of carbonyl (C=O) groups is 1. The molecular formula is C13H19BrN2O2. The number of nitrogens with zero attached hydrogens (tertiary/aromatic N) is 1. The first-order valence-electron chi connectivity index (χ1n) is 5.39. The topological polar surface area (TPSA) is 41.6 Å². The lowest BCUT2D eigenvalue weighted by atomic mass is 10.3. The predicted octanol–water partition coefficient (Wildman–Crippen LogP) is 3.04. The summed E-state index contributed by atoms with van der Waals surface area (Å²) in [7, 11) is 5.39. The van der Waals surface area contributed by atoms with Crippen LogP contribution in [0.1, 0.15) is 0 Å². The first-order valence-corrected chi connectivity index (χ1v) is 6.51. The number of amides is 1. The molecule has 1 amide bonds. The molecule has 0 atom stereocenters. The molecule has 4 nitrogen and oxygen atoms in total. The number of halogens is 1. The summed E-state index contributed by atoms with van der Waals surface area (Å²) in [6.45, 7) is 3.43. The van der Waals surface area contributed by atoms with E-state index in [0.29, 0.717) is 5.75 Å². The molecule has 1 aromatic rings. The van der Waals surface area contributed by atoms with Gasteiger partial charge >= 0.3 is 6.09 Å². The van der Waals surface area contributed by atoms with Crippen LogP contribution in [0, 0.1) is 0 Å². The predicted molar refractivity (Wildman–Crippen MR) is 79.8 cm³/mol. The molecule has 1 N–H and O–H groups in total. The van der Waals surface area contributed by atoms with Crippen molar-refractivity contribution < 1.29 is 9.53 Å². The van der Waals surface area contributed by atoms with Crippen LogP contribution in [-0.4, -0.2) is 32.6 Å². The highest BCUT2D eigenvalue weighted by Crippen LogP contribution is 2.19. The lowest BCUT2D eigenvalue weighted by Gasteiger charge is -2.13. The van der Waals surface area contributed by atoms with Crippen molar-refractivity contribution in [1.29, 1.82) is 0 Å². The third-order valence-electron chi connectivity index (χ3n) is 1.86. The number of alkyl halides is 1. The molecule has 0 unspecified atom stereocenters. The fraction of sp³-hybridized carbons (Fsp3) is 0.308. The quantitative estimate of drug-likeness (QED) is 0.688. The third kappa shape index (κ3) is 6.96. The average Bonchev–Trinajstić information content (AvgIpc) is 2.39. The summed E-state index contributed by atoms with van der Waals surface area (Å²) in [6.07, 6.45) is 1.33. The summed E-state index contributed by atoms with van der Waals surface area (Å²) in [5.74, 6) is 0.538. The van der Waals surface area contributed by atoms with Gasteiger partial charge < -0.3 is 15.0 Å². The Bertz CT molecular complexity index is 381. The van der Waals surface area contributed by atoms with Crippen molar-refractivity contribution in [2.24, 2.45) is 0 Å². The Morgan fingerprint density at radius 3 is 2.61 bits per heavy atom. The highest BCUT2D eigenvalue weighted by Gasteiger charge is 2.02. The standard InChI is InChI=1S/C10H14N2O2.C3H5Br/c1-11-10(13)14-9-6-4-5-8(7-9)12(2)3;1-2-3-4/h4-7H,1-3H3,(H,11,13);2H,1,3H2. The molecule has 100 valence electrons. The van der Waals surface area contributed by atoms with E-state index in [1.165, 1.54) is 7.05 Å². The van der Waals surface area contributed by atoms with Gasteiger partial charge in [-0.1, -0.05) is 28.1 Å². The van der Waals surface area contributed by atoms with Gasteiger partial charge in [0.25, 0.3) is 0 Å². The van der Waals surface area contributed by atoms with Crippen LogP contribution < -0.4 is 15.0 Å². The molecule has 0 saturated heterocycles. The smallest absolute Gasteiger partial charge is 0.410 e. The van der Waals surface area contributed by atoms with Gasteiger partial charge in [-0.05, 0) is 12.1 Å². The van der Waals surface area contributed by atoms with Crippen LogP contribution in [0.3, 0.4) is 0 Å². The number of anilines is 1. The van der Waals surface area contributed by atoms with Gasteiger partial charge in [-0.2, -0.15) is 0 Å². The minimum absolute atomic E-state index is 0.457. The van der Waals surface area contributed by atoms with E-state index in [4.69, 9.17) is 4.74 Å². The minimum atomic E-state index is -0.457. The first-order chi connectivity index (χ1) is 8.54. The number of hydrogen-bond acceptors (Lipinski definition) is 3. The number of rotatable bonds is 3. The summed E-state index contributed by atoms with van der Waals surface area (Å²) < 4.78 is 4.98. The Hall–Kier alpha value is -1.49. The SMILES string of the molecule is C=CCBr.CNC(=O)Oc1cccc(N(C)C)c1. The van der Waals surface area contributed by atoms with Gasteiger partial charge in [0.05, 0.1) is 0 Å². The van der Waals surface area contributed by atoms with Crippen molar-refractivity contribution in [1.82, 2.24) is 5.32 Å². The van der Waals surface area contributed by atoms with Gasteiger partial charge in [0.1, 0.15) is 5.75 Å². The van der Waals surface area contributed by atoms with E-state index < -0.39 is 6.09 Å². The van der Waals surface area contributed by atoms with Crippen LogP contribution in [-0.2, 0) is 0 Å². The van der Waals surface area contributed by atoms with E-state index in [2.05, 4.69) is 27.8 Å². The van der Waals surface area contributed by atoms with Crippen molar-refractivity contribution in [3.8, 4) is 5.75 Å². The highest BCUT2D eigenvalue weighted by atomic mass is 79.9. The zero-order chi connectivity index (χ0) is 14.0. The van der Waals surface area contributed by atoms with Gasteiger partial charge in [-0.15, -0.1) is 6.58 Å². The molecule has 1 aromatic carbocycles. The van der Waals surface area contributed by atoms with Gasteiger partial charge in [-0.25, -0.2) is 4.79 Å². The zero-order valence-electron chi connectivity index (χ0n) is 10.9. The molecule has 0 aliphatic heterocycles. The van der Waals surface area contributed by atoms with Crippen molar-refractivity contribution in [3.05, 3.63) is 36.9 Å². The lowest BCUT2D eigenvalue weighted by Crippen LogP contribution is -2.22. The van der Waals surface area contributed by atoms with Crippen LogP contribution >= 0.6 is 15.9 Å². The number of benzene rings is 1. The largest absolute Gasteiger partial charge is 0.412 e. The van der Waals surface area contributed by atoms with Crippen molar-refractivity contribution in [2.75, 3.05) is 31.4 Å². The molecule has 0 heterocycles. The van der Waals surface area contributed by atoms with Crippen LogP contribution in [0.25, 0.3) is 0 Å². The zero-order valence-corrected chi connectivity index (χ0v) is 12.5. The Morgan fingerprint density at radius 2 is 2.17 bits per heavy atom. The van der Waals surface area contributed by atoms with E-state index in [1.54, 1.807) is 18.2 Å². The van der Waals surface area contributed by atoms with Crippen molar-refractivity contribution in [2.45, 2.75) is 0 Å². The molecule has 0 spiro atoms. The molecule has 0 saturated carbocycles. The highest BCUT2D eigenvalue weighted by molar-refractivity contribution is 9.09. The number of hydrogen-bond donors (Lipinski definition) is 1. The summed E-state index contributed by atoms with van der Waals surface area (Å²) in [5, 5.41) is 3.28. The van der Waals surface area contributed by atoms with Crippen LogP contribution in [0.2, 0.25) is 0 Å². The normalized spacial score (nSPS) is 8.67. The van der Waals surface area contributed by atoms with Crippen molar-refractivity contribution in [3.63, 3.8) is 0 Å². The molecule has 0 fully saturated rings. The third-order valence-corrected chi connectivity index (χ3v) is 2.32. The summed E-state index contributed by atoms with van der Waals surface area (Å²) in [6, 6.07) is 7.32. The molecular weight excluding hydrogens is 296 g/mol. The maximum atomic E-state index is 10.9. The monoisotopic (exact) mass is 314 g/mol. The van der Waals surface area contributed by atoms with Crippen LogP contribution in [0.5, 0.6) is 5.75 Å². The fourth-order valence-corrected chi connectivity index (χ4v) is 0.983. The Labute approximate surface area is 117 Å². The molecule has 5 heteroatoms. The van der Waals surface area contributed by atoms with Crippen LogP contribution in [0.4, 0.5) is 10.5 Å². The number of allylic oxidation sites excluding steroid dienone is 1. The van der Waals surface area contributed by atoms with Crippen molar-refractivity contribution >= 4 is 27.7 Å². The molecule has 0 aliphatic rings. The van der Waals surface area contributed by atoms with E-state index >= 15 is 0 Å². The average molecular weight is 315 g/mol. The van der Waals surface area contributed by atoms with Crippen LogP contribution in [0.15, 0.2) is 36.9 Å².